The van der Waals surface area contributed by atoms with Crippen LogP contribution in [0.15, 0.2) is 42.5 Å². The van der Waals surface area contributed by atoms with Gasteiger partial charge < -0.3 is 21.5 Å². The van der Waals surface area contributed by atoms with E-state index in [0.29, 0.717) is 18.7 Å². The van der Waals surface area contributed by atoms with E-state index in [2.05, 4.69) is 10.6 Å². The second kappa shape index (κ2) is 9.75. The van der Waals surface area contributed by atoms with E-state index in [9.17, 15) is 18.7 Å². The molecule has 0 saturated carbocycles. The number of hydrogen-bond donors (Lipinski definition) is 4. The Morgan fingerprint density at radius 2 is 1.89 bits per heavy atom. The summed E-state index contributed by atoms with van der Waals surface area (Å²) in [5.74, 6) is -0.838. The summed E-state index contributed by atoms with van der Waals surface area (Å²) in [7, 11) is 0. The van der Waals surface area contributed by atoms with Gasteiger partial charge in [-0.05, 0) is 42.3 Å². The summed E-state index contributed by atoms with van der Waals surface area (Å²) in [5, 5.41) is 14.8. The molecule has 7 heteroatoms. The highest BCUT2D eigenvalue weighted by Crippen LogP contribution is 2.24. The molecule has 5 N–H and O–H groups in total. The van der Waals surface area contributed by atoms with Crippen LogP contribution < -0.4 is 16.4 Å². The number of rotatable bonds is 9. The van der Waals surface area contributed by atoms with Gasteiger partial charge in [-0.15, -0.1) is 0 Å². The normalized spacial score (nSPS) is 13.0. The quantitative estimate of drug-likeness (QED) is 0.488. The zero-order valence-electron chi connectivity index (χ0n) is 15.2. The van der Waals surface area contributed by atoms with Crippen LogP contribution in [0.5, 0.6) is 5.75 Å². The van der Waals surface area contributed by atoms with Gasteiger partial charge in [0.25, 0.3) is 5.91 Å². The standard InChI is InChI=1S/C20H25F2N3O2/c1-2-3-4-16(21)19(22)20(27)25-18-10-7-14(11-17(18)23)24-12-13-5-8-15(26)9-6-13/h5-11,16,19,24,26H,2-4,12,23H2,1H3,(H,25,27)/t16-,19-/m1/s1. The van der Waals surface area contributed by atoms with E-state index >= 15 is 0 Å². The Labute approximate surface area is 157 Å². The Morgan fingerprint density at radius 1 is 1.19 bits per heavy atom. The summed E-state index contributed by atoms with van der Waals surface area (Å²) in [4.78, 5) is 11.9. The maximum Gasteiger partial charge on any atom is 0.262 e. The summed E-state index contributed by atoms with van der Waals surface area (Å²) in [6.07, 6.45) is -2.76. The molecule has 2 aromatic carbocycles. The molecule has 0 unspecified atom stereocenters. The highest BCUT2D eigenvalue weighted by molar-refractivity contribution is 5.97. The number of phenols is 1. The molecule has 0 heterocycles. The second-order valence-electron chi connectivity index (χ2n) is 6.37. The average molecular weight is 377 g/mol. The van der Waals surface area contributed by atoms with Crippen LogP contribution in [0.3, 0.4) is 0 Å². The van der Waals surface area contributed by atoms with Crippen molar-refractivity contribution >= 4 is 23.0 Å². The highest BCUT2D eigenvalue weighted by atomic mass is 19.2. The molecule has 5 nitrogen and oxygen atoms in total. The van der Waals surface area contributed by atoms with E-state index in [1.54, 1.807) is 42.5 Å². The van der Waals surface area contributed by atoms with Gasteiger partial charge in [0, 0.05) is 12.2 Å². The molecule has 2 rings (SSSR count). The number of alkyl halides is 2. The number of unbranched alkanes of at least 4 members (excludes halogenated alkanes) is 1. The summed E-state index contributed by atoms with van der Waals surface area (Å²) >= 11 is 0. The van der Waals surface area contributed by atoms with Crippen LogP contribution in [0.4, 0.5) is 25.8 Å². The van der Waals surface area contributed by atoms with Crippen molar-refractivity contribution in [2.24, 2.45) is 0 Å². The summed E-state index contributed by atoms with van der Waals surface area (Å²) in [6, 6.07) is 11.6. The van der Waals surface area contributed by atoms with Crippen LogP contribution in [-0.2, 0) is 11.3 Å². The molecule has 2 atom stereocenters. The largest absolute Gasteiger partial charge is 0.508 e. The van der Waals surface area contributed by atoms with Gasteiger partial charge in [-0.2, -0.15) is 0 Å². The lowest BCUT2D eigenvalue weighted by molar-refractivity contribution is -0.123. The van der Waals surface area contributed by atoms with Crippen LogP contribution in [-0.4, -0.2) is 23.4 Å². The number of benzene rings is 2. The molecular formula is C20H25F2N3O2. The zero-order valence-corrected chi connectivity index (χ0v) is 15.2. The number of hydrogen-bond acceptors (Lipinski definition) is 4. The summed E-state index contributed by atoms with van der Waals surface area (Å²) < 4.78 is 27.6. The van der Waals surface area contributed by atoms with Gasteiger partial charge in [0.15, 0.2) is 0 Å². The van der Waals surface area contributed by atoms with E-state index in [-0.39, 0.29) is 23.5 Å². The highest BCUT2D eigenvalue weighted by Gasteiger charge is 2.27. The van der Waals surface area contributed by atoms with Crippen molar-refractivity contribution in [3.05, 3.63) is 48.0 Å². The predicted molar refractivity (Wildman–Crippen MR) is 104 cm³/mol. The molecule has 1 amide bonds. The first kappa shape index (κ1) is 20.5. The van der Waals surface area contributed by atoms with Crippen molar-refractivity contribution < 1.29 is 18.7 Å². The number of amides is 1. The average Bonchev–Trinajstić information content (AvgIpc) is 2.66. The molecule has 146 valence electrons. The fraction of sp³-hybridized carbons (Fsp3) is 0.350. The molecule has 0 bridgehead atoms. The van der Waals surface area contributed by atoms with Gasteiger partial charge in [-0.1, -0.05) is 31.9 Å². The maximum atomic E-state index is 13.9. The fourth-order valence-electron chi connectivity index (χ4n) is 2.52. The molecule has 0 spiro atoms. The van der Waals surface area contributed by atoms with E-state index in [1.165, 1.54) is 0 Å². The van der Waals surface area contributed by atoms with E-state index in [1.807, 2.05) is 6.92 Å². The Kier molecular flexibility index (Phi) is 7.40. The molecule has 0 aliphatic rings. The number of anilines is 3. The topological polar surface area (TPSA) is 87.4 Å². The fourth-order valence-corrected chi connectivity index (χ4v) is 2.52. The molecule has 0 aromatic heterocycles. The number of phenolic OH excluding ortho intramolecular Hbond substituents is 1. The molecule has 0 aliphatic heterocycles. The number of nitrogens with two attached hydrogens (primary N) is 1. The first-order valence-electron chi connectivity index (χ1n) is 8.91. The Balaban J connectivity index is 1.93. The van der Waals surface area contributed by atoms with Crippen LogP contribution >= 0.6 is 0 Å². The van der Waals surface area contributed by atoms with Crippen molar-refractivity contribution in [2.45, 2.75) is 45.1 Å². The van der Waals surface area contributed by atoms with Crippen LogP contribution in [0.25, 0.3) is 0 Å². The van der Waals surface area contributed by atoms with E-state index in [4.69, 9.17) is 5.73 Å². The molecule has 27 heavy (non-hydrogen) atoms. The number of carbonyl (C=O) groups excluding carboxylic acids is 1. The molecule has 0 saturated heterocycles. The first-order valence-corrected chi connectivity index (χ1v) is 8.91. The minimum absolute atomic E-state index is 0.0146. The maximum absolute atomic E-state index is 13.9. The second-order valence-corrected chi connectivity index (χ2v) is 6.37. The Hall–Kier alpha value is -2.83. The van der Waals surface area contributed by atoms with Gasteiger partial charge >= 0.3 is 0 Å². The summed E-state index contributed by atoms with van der Waals surface area (Å²) in [5.41, 5.74) is 8.07. The van der Waals surface area contributed by atoms with Gasteiger partial charge in [0.1, 0.15) is 11.9 Å². The van der Waals surface area contributed by atoms with E-state index in [0.717, 1.165) is 12.0 Å². The smallest absolute Gasteiger partial charge is 0.262 e. The number of carbonyl (C=O) groups is 1. The van der Waals surface area contributed by atoms with Crippen molar-refractivity contribution in [1.29, 1.82) is 0 Å². The Morgan fingerprint density at radius 3 is 2.52 bits per heavy atom. The molecule has 0 aliphatic carbocycles. The minimum atomic E-state index is -2.22. The lowest BCUT2D eigenvalue weighted by Gasteiger charge is -2.15. The van der Waals surface area contributed by atoms with Crippen molar-refractivity contribution in [3.8, 4) is 5.75 Å². The van der Waals surface area contributed by atoms with Gasteiger partial charge in [0.05, 0.1) is 11.4 Å². The minimum Gasteiger partial charge on any atom is -0.508 e. The van der Waals surface area contributed by atoms with Crippen LogP contribution in [0.1, 0.15) is 31.7 Å². The number of halogens is 2. The lowest BCUT2D eigenvalue weighted by Crippen LogP contribution is -2.32. The number of nitrogens with one attached hydrogen (secondary N) is 2. The van der Waals surface area contributed by atoms with Crippen LogP contribution in [0, 0.1) is 0 Å². The lowest BCUT2D eigenvalue weighted by atomic mass is 10.1. The number of nitrogen functional groups attached to an aromatic ring is 1. The monoisotopic (exact) mass is 377 g/mol. The third kappa shape index (κ3) is 6.13. The third-order valence-corrected chi connectivity index (χ3v) is 4.14. The van der Waals surface area contributed by atoms with Gasteiger partial charge in [-0.25, -0.2) is 8.78 Å². The zero-order chi connectivity index (χ0) is 19.8. The molecular weight excluding hydrogens is 352 g/mol. The van der Waals surface area contributed by atoms with Crippen molar-refractivity contribution in [3.63, 3.8) is 0 Å². The molecule has 0 fully saturated rings. The molecule has 0 radical (unpaired) electrons. The van der Waals surface area contributed by atoms with Crippen molar-refractivity contribution in [1.82, 2.24) is 0 Å². The Bertz CT molecular complexity index is 753. The van der Waals surface area contributed by atoms with Crippen molar-refractivity contribution in [2.75, 3.05) is 16.4 Å². The third-order valence-electron chi connectivity index (χ3n) is 4.14. The summed E-state index contributed by atoms with van der Waals surface area (Å²) in [6.45, 7) is 2.39. The van der Waals surface area contributed by atoms with Crippen LogP contribution in [0.2, 0.25) is 0 Å². The number of aromatic hydroxyl groups is 1. The molecule has 2 aromatic rings. The SMILES string of the molecule is CCCC[C@@H](F)[C@@H](F)C(=O)Nc1ccc(NCc2ccc(O)cc2)cc1N. The van der Waals surface area contributed by atoms with E-state index < -0.39 is 18.3 Å². The van der Waals surface area contributed by atoms with Gasteiger partial charge in [-0.3, -0.25) is 4.79 Å². The van der Waals surface area contributed by atoms with Gasteiger partial charge in [0.2, 0.25) is 6.17 Å². The first-order chi connectivity index (χ1) is 12.9. The predicted octanol–water partition coefficient (Wildman–Crippen LogP) is 4.39.